The molecule has 3 aromatic carbocycles. The molecule has 0 saturated heterocycles. The van der Waals surface area contributed by atoms with Crippen LogP contribution in [0.2, 0.25) is 0 Å². The third-order valence-corrected chi connectivity index (χ3v) is 8.84. The summed E-state index contributed by atoms with van der Waals surface area (Å²) in [4.78, 5) is 33.3. The Balaban J connectivity index is 1.53. The number of rotatable bonds is 9. The van der Waals surface area contributed by atoms with E-state index in [1.54, 1.807) is 30.0 Å². The first-order valence-corrected chi connectivity index (χ1v) is 15.6. The average molecular weight is 620 g/mol. The number of hydrogen-bond donors (Lipinski definition) is 1. The van der Waals surface area contributed by atoms with Crippen molar-refractivity contribution in [3.63, 3.8) is 0 Å². The van der Waals surface area contributed by atoms with Gasteiger partial charge in [-0.3, -0.25) is 19.5 Å². The van der Waals surface area contributed by atoms with Crippen molar-refractivity contribution in [1.29, 1.82) is 0 Å². The normalized spacial score (nSPS) is 14.4. The second-order valence-electron chi connectivity index (χ2n) is 10.6. The van der Waals surface area contributed by atoms with Crippen molar-refractivity contribution in [2.24, 2.45) is 0 Å². The second-order valence-corrected chi connectivity index (χ2v) is 11.7. The highest BCUT2D eigenvalue weighted by Crippen LogP contribution is 2.49. The summed E-state index contributed by atoms with van der Waals surface area (Å²) in [5.74, 6) is 1.43. The van der Waals surface area contributed by atoms with Crippen molar-refractivity contribution in [2.45, 2.75) is 18.7 Å². The van der Waals surface area contributed by atoms with Crippen LogP contribution in [-0.2, 0) is 16.1 Å². The summed E-state index contributed by atoms with van der Waals surface area (Å²) in [5.41, 5.74) is 5.96. The predicted octanol–water partition coefficient (Wildman–Crippen LogP) is 5.75. The SMILES string of the molecule is COc1ccc(C2SCC(=O)N(CC(=O)NCc3ccccn3)c3c2c(-c2ccccc2)nn3-c2cccc(C)c2)cc1OC. The van der Waals surface area contributed by atoms with Gasteiger partial charge in [0.1, 0.15) is 12.4 Å². The molecule has 0 saturated carbocycles. The quantitative estimate of drug-likeness (QED) is 0.225. The van der Waals surface area contributed by atoms with Crippen LogP contribution in [0.1, 0.15) is 27.6 Å². The van der Waals surface area contributed by atoms with Gasteiger partial charge in [0.2, 0.25) is 11.8 Å². The van der Waals surface area contributed by atoms with Gasteiger partial charge in [-0.05, 0) is 54.4 Å². The largest absolute Gasteiger partial charge is 0.493 e. The first-order valence-electron chi connectivity index (χ1n) is 14.5. The molecule has 228 valence electrons. The summed E-state index contributed by atoms with van der Waals surface area (Å²) in [5, 5.41) is 7.79. The maximum absolute atomic E-state index is 14.0. The molecular formula is C35H33N5O4S. The number of benzene rings is 3. The van der Waals surface area contributed by atoms with Crippen molar-refractivity contribution in [2.75, 3.05) is 31.4 Å². The molecule has 2 amide bonds. The van der Waals surface area contributed by atoms with Gasteiger partial charge in [0.05, 0.1) is 48.8 Å². The monoisotopic (exact) mass is 619 g/mol. The highest BCUT2D eigenvalue weighted by molar-refractivity contribution is 8.00. The summed E-state index contributed by atoms with van der Waals surface area (Å²) in [6, 6.07) is 29.2. The number of anilines is 1. The van der Waals surface area contributed by atoms with Crippen LogP contribution >= 0.6 is 11.8 Å². The fourth-order valence-corrected chi connectivity index (χ4v) is 6.63. The Hall–Kier alpha value is -5.09. The minimum Gasteiger partial charge on any atom is -0.493 e. The van der Waals surface area contributed by atoms with Crippen molar-refractivity contribution in [1.82, 2.24) is 20.1 Å². The van der Waals surface area contributed by atoms with E-state index >= 15 is 0 Å². The molecule has 6 rings (SSSR count). The van der Waals surface area contributed by atoms with Crippen molar-refractivity contribution >= 4 is 29.4 Å². The molecule has 3 heterocycles. The Bertz CT molecular complexity index is 1830. The van der Waals surface area contributed by atoms with E-state index in [4.69, 9.17) is 14.6 Å². The van der Waals surface area contributed by atoms with Gasteiger partial charge in [0, 0.05) is 17.3 Å². The molecule has 1 unspecified atom stereocenters. The van der Waals surface area contributed by atoms with E-state index < -0.39 is 0 Å². The Labute approximate surface area is 266 Å². The lowest BCUT2D eigenvalue weighted by Crippen LogP contribution is -2.42. The maximum atomic E-state index is 14.0. The topological polar surface area (TPSA) is 98.6 Å². The molecule has 1 atom stereocenters. The minimum atomic E-state index is -0.306. The number of nitrogens with one attached hydrogen (secondary N) is 1. The van der Waals surface area contributed by atoms with E-state index in [9.17, 15) is 9.59 Å². The summed E-state index contributed by atoms with van der Waals surface area (Å²) in [6.07, 6.45) is 1.68. The molecule has 1 aliphatic heterocycles. The minimum absolute atomic E-state index is 0.156. The molecule has 1 N–H and O–H groups in total. The van der Waals surface area contributed by atoms with Gasteiger partial charge in [0.25, 0.3) is 0 Å². The number of carbonyl (C=O) groups is 2. The molecule has 5 aromatic rings. The fourth-order valence-electron chi connectivity index (χ4n) is 5.44. The first kappa shape index (κ1) is 30.0. The Morgan fingerprint density at radius 1 is 0.956 bits per heavy atom. The van der Waals surface area contributed by atoms with Crippen LogP contribution in [0.4, 0.5) is 5.82 Å². The number of thioether (sulfide) groups is 1. The predicted molar refractivity (Wildman–Crippen MR) is 176 cm³/mol. The van der Waals surface area contributed by atoms with Crippen LogP contribution in [0.3, 0.4) is 0 Å². The number of pyridine rings is 1. The van der Waals surface area contributed by atoms with Crippen LogP contribution in [0.5, 0.6) is 11.5 Å². The zero-order valence-corrected chi connectivity index (χ0v) is 26.1. The molecule has 0 spiro atoms. The number of nitrogens with zero attached hydrogens (tertiary/aromatic N) is 4. The molecule has 0 bridgehead atoms. The van der Waals surface area contributed by atoms with E-state index in [-0.39, 0.29) is 35.9 Å². The molecular weight excluding hydrogens is 586 g/mol. The van der Waals surface area contributed by atoms with Crippen molar-refractivity contribution in [3.8, 4) is 28.4 Å². The van der Waals surface area contributed by atoms with Crippen LogP contribution in [0, 0.1) is 6.92 Å². The molecule has 45 heavy (non-hydrogen) atoms. The van der Waals surface area contributed by atoms with Crippen LogP contribution in [0.15, 0.2) is 97.2 Å². The summed E-state index contributed by atoms with van der Waals surface area (Å²) in [7, 11) is 3.21. The third kappa shape index (κ3) is 6.28. The number of aryl methyl sites for hydroxylation is 1. The number of fused-ring (bicyclic) bond motifs is 1. The number of carbonyl (C=O) groups excluding carboxylic acids is 2. The Morgan fingerprint density at radius 2 is 1.76 bits per heavy atom. The van der Waals surface area contributed by atoms with Crippen LogP contribution < -0.4 is 19.7 Å². The van der Waals surface area contributed by atoms with E-state index in [1.165, 1.54) is 11.8 Å². The summed E-state index contributed by atoms with van der Waals surface area (Å²) >= 11 is 1.50. The molecule has 1 aliphatic rings. The molecule has 0 aliphatic carbocycles. The highest BCUT2D eigenvalue weighted by atomic mass is 32.2. The van der Waals surface area contributed by atoms with Gasteiger partial charge in [-0.15, -0.1) is 11.8 Å². The molecule has 9 nitrogen and oxygen atoms in total. The van der Waals surface area contributed by atoms with Crippen LogP contribution in [0.25, 0.3) is 16.9 Å². The van der Waals surface area contributed by atoms with E-state index in [2.05, 4.69) is 10.3 Å². The van der Waals surface area contributed by atoms with Crippen LogP contribution in [-0.4, -0.2) is 53.1 Å². The number of hydrogen-bond acceptors (Lipinski definition) is 7. The van der Waals surface area contributed by atoms with Gasteiger partial charge < -0.3 is 14.8 Å². The summed E-state index contributed by atoms with van der Waals surface area (Å²) in [6.45, 7) is 2.09. The summed E-state index contributed by atoms with van der Waals surface area (Å²) < 4.78 is 13.0. The standard InChI is InChI=1S/C35H33N5O4S/c1-23-10-9-14-27(18-23)40-35-32(33(38-40)24-11-5-4-6-12-24)34(25-15-16-28(43-2)29(19-25)44-3)45-22-31(42)39(35)21-30(41)37-20-26-13-7-8-17-36-26/h4-19,34H,20-22H2,1-3H3,(H,37,41). The van der Waals surface area contributed by atoms with E-state index in [0.717, 1.165) is 39.3 Å². The molecule has 2 aromatic heterocycles. The average Bonchev–Trinajstić information content (AvgIpc) is 3.40. The molecule has 0 fully saturated rings. The van der Waals surface area contributed by atoms with E-state index in [0.29, 0.717) is 17.3 Å². The Morgan fingerprint density at radius 3 is 2.49 bits per heavy atom. The zero-order valence-electron chi connectivity index (χ0n) is 25.3. The third-order valence-electron chi connectivity index (χ3n) is 7.59. The van der Waals surface area contributed by atoms with E-state index in [1.807, 2.05) is 97.9 Å². The first-order chi connectivity index (χ1) is 22.0. The molecule has 0 radical (unpaired) electrons. The lowest BCUT2D eigenvalue weighted by molar-refractivity contribution is -0.123. The van der Waals surface area contributed by atoms with Crippen molar-refractivity contribution in [3.05, 3.63) is 120 Å². The van der Waals surface area contributed by atoms with Gasteiger partial charge >= 0.3 is 0 Å². The van der Waals surface area contributed by atoms with Crippen molar-refractivity contribution < 1.29 is 19.1 Å². The Kier molecular flexibility index (Phi) is 8.84. The number of ether oxygens (including phenoxy) is 2. The van der Waals surface area contributed by atoms with Gasteiger partial charge in [-0.2, -0.15) is 5.10 Å². The number of aromatic nitrogens is 3. The second kappa shape index (κ2) is 13.3. The van der Waals surface area contributed by atoms with Gasteiger partial charge in [-0.25, -0.2) is 4.68 Å². The number of methoxy groups -OCH3 is 2. The lowest BCUT2D eigenvalue weighted by Gasteiger charge is -2.23. The number of amides is 2. The maximum Gasteiger partial charge on any atom is 0.240 e. The fraction of sp³-hybridized carbons (Fsp3) is 0.200. The smallest absolute Gasteiger partial charge is 0.240 e. The van der Waals surface area contributed by atoms with Gasteiger partial charge in [0.15, 0.2) is 11.5 Å². The zero-order chi connectivity index (χ0) is 31.3. The highest BCUT2D eigenvalue weighted by Gasteiger charge is 2.38. The van der Waals surface area contributed by atoms with Gasteiger partial charge in [-0.1, -0.05) is 54.6 Å². The molecule has 10 heteroatoms. The lowest BCUT2D eigenvalue weighted by atomic mass is 9.99.